The smallest absolute Gasteiger partial charge is 0.144 e. The van der Waals surface area contributed by atoms with Crippen molar-refractivity contribution < 1.29 is 4.39 Å². The van der Waals surface area contributed by atoms with Crippen LogP contribution in [-0.4, -0.2) is 18.8 Å². The van der Waals surface area contributed by atoms with Crippen molar-refractivity contribution in [3.05, 3.63) is 29.5 Å². The van der Waals surface area contributed by atoms with Gasteiger partial charge in [-0.15, -0.1) is 5.73 Å². The topological polar surface area (TPSA) is 12.0 Å². The molecule has 3 atom stereocenters. The van der Waals surface area contributed by atoms with Crippen molar-refractivity contribution in [2.45, 2.75) is 32.0 Å². The lowest BCUT2D eigenvalue weighted by atomic mass is 9.91. The fourth-order valence-electron chi connectivity index (χ4n) is 1.96. The van der Waals surface area contributed by atoms with Gasteiger partial charge in [0.25, 0.3) is 0 Å². The van der Waals surface area contributed by atoms with Gasteiger partial charge in [0.1, 0.15) is 6.17 Å². The van der Waals surface area contributed by atoms with E-state index in [2.05, 4.69) is 18.0 Å². The quantitative estimate of drug-likeness (QED) is 0.630. The number of rotatable bonds is 1. The molecule has 0 aromatic rings. The predicted octanol–water partition coefficient (Wildman–Crippen LogP) is 2.36. The van der Waals surface area contributed by atoms with Crippen molar-refractivity contribution in [1.29, 1.82) is 0 Å². The van der Waals surface area contributed by atoms with Crippen molar-refractivity contribution >= 4 is 0 Å². The molecule has 0 bridgehead atoms. The molecule has 1 aliphatic heterocycles. The number of nitrogens with one attached hydrogen (secondary N) is 1. The molecule has 1 fully saturated rings. The Morgan fingerprint density at radius 2 is 2.36 bits per heavy atom. The maximum atomic E-state index is 12.7. The molecule has 0 spiro atoms. The molecule has 1 nitrogen and oxygen atoms in total. The summed E-state index contributed by atoms with van der Waals surface area (Å²) in [4.78, 5) is 0. The normalized spacial score (nSPS) is 37.0. The largest absolute Gasteiger partial charge is 0.309 e. The summed E-state index contributed by atoms with van der Waals surface area (Å²) >= 11 is 0. The van der Waals surface area contributed by atoms with Gasteiger partial charge >= 0.3 is 0 Å². The molecule has 14 heavy (non-hydrogen) atoms. The fraction of sp³-hybridized carbons (Fsp3) is 0.583. The van der Waals surface area contributed by atoms with Gasteiger partial charge in [-0.25, -0.2) is 4.39 Å². The van der Waals surface area contributed by atoms with Gasteiger partial charge in [-0.1, -0.05) is 13.0 Å². The zero-order chi connectivity index (χ0) is 9.97. The van der Waals surface area contributed by atoms with Gasteiger partial charge in [0.15, 0.2) is 0 Å². The summed E-state index contributed by atoms with van der Waals surface area (Å²) < 4.78 is 12.7. The average Bonchev–Trinajstić information content (AvgIpc) is 2.21. The van der Waals surface area contributed by atoms with Gasteiger partial charge in [0.05, 0.1) is 0 Å². The lowest BCUT2D eigenvalue weighted by Crippen LogP contribution is -2.38. The van der Waals surface area contributed by atoms with Gasteiger partial charge in [-0.2, -0.15) is 0 Å². The molecular weight excluding hydrogens is 177 g/mol. The molecule has 1 N–H and O–H groups in total. The molecule has 2 heteroatoms. The van der Waals surface area contributed by atoms with Crippen LogP contribution in [0.1, 0.15) is 19.8 Å². The van der Waals surface area contributed by atoms with Gasteiger partial charge < -0.3 is 5.32 Å². The van der Waals surface area contributed by atoms with Crippen LogP contribution in [0.15, 0.2) is 29.5 Å². The zero-order valence-electron chi connectivity index (χ0n) is 8.46. The molecule has 2 aliphatic rings. The van der Waals surface area contributed by atoms with Crippen LogP contribution in [0.3, 0.4) is 0 Å². The maximum absolute atomic E-state index is 12.7. The molecule has 76 valence electrons. The summed E-state index contributed by atoms with van der Waals surface area (Å²) in [5.74, 6) is 0.761. The van der Waals surface area contributed by atoms with E-state index in [-0.39, 0.29) is 0 Å². The highest BCUT2D eigenvalue weighted by atomic mass is 19.1. The Hall–Kier alpha value is -0.850. The van der Waals surface area contributed by atoms with Gasteiger partial charge in [-0.05, 0) is 37.5 Å². The predicted molar refractivity (Wildman–Crippen MR) is 55.8 cm³/mol. The summed E-state index contributed by atoms with van der Waals surface area (Å²) in [7, 11) is 0. The van der Waals surface area contributed by atoms with Crippen LogP contribution in [0.2, 0.25) is 0 Å². The van der Waals surface area contributed by atoms with Crippen molar-refractivity contribution in [3.63, 3.8) is 0 Å². The second kappa shape index (κ2) is 4.12. The molecule has 0 saturated carbocycles. The lowest BCUT2D eigenvalue weighted by molar-refractivity contribution is 0.355. The van der Waals surface area contributed by atoms with E-state index in [1.165, 1.54) is 12.5 Å². The van der Waals surface area contributed by atoms with E-state index in [9.17, 15) is 4.39 Å². The van der Waals surface area contributed by atoms with E-state index in [1.54, 1.807) is 6.08 Å². The third-order valence-corrected chi connectivity index (χ3v) is 2.91. The van der Waals surface area contributed by atoms with Gasteiger partial charge in [0.2, 0.25) is 0 Å². The van der Waals surface area contributed by atoms with Crippen LogP contribution < -0.4 is 5.32 Å². The maximum Gasteiger partial charge on any atom is 0.144 e. The summed E-state index contributed by atoms with van der Waals surface area (Å²) in [6.07, 6.45) is 6.38. The Labute approximate surface area is 84.4 Å². The van der Waals surface area contributed by atoms with E-state index < -0.39 is 6.17 Å². The lowest BCUT2D eigenvalue weighted by Gasteiger charge is -2.28. The average molecular weight is 193 g/mol. The standard InChI is InChI=1S/C12H16FN/c1-9-2-7-12(14-8-9)10-3-5-11(13)6-4-10/h3,5-6,9,11-12,14H,2,7-8H2,1H3. The van der Waals surface area contributed by atoms with Crippen LogP contribution >= 0.6 is 0 Å². The molecule has 1 aliphatic carbocycles. The summed E-state index contributed by atoms with van der Waals surface area (Å²) in [5, 5.41) is 3.46. The van der Waals surface area contributed by atoms with Crippen LogP contribution in [0.4, 0.5) is 4.39 Å². The first-order valence-corrected chi connectivity index (χ1v) is 5.28. The highest BCUT2D eigenvalue weighted by Crippen LogP contribution is 2.20. The highest BCUT2D eigenvalue weighted by Gasteiger charge is 2.20. The monoisotopic (exact) mass is 193 g/mol. The number of halogens is 1. The van der Waals surface area contributed by atoms with E-state index in [1.807, 2.05) is 6.08 Å². The molecule has 2 rings (SSSR count). The van der Waals surface area contributed by atoms with Crippen molar-refractivity contribution in [2.24, 2.45) is 5.92 Å². The van der Waals surface area contributed by atoms with E-state index in [0.717, 1.165) is 24.5 Å². The third-order valence-electron chi connectivity index (χ3n) is 2.91. The Morgan fingerprint density at radius 3 is 2.93 bits per heavy atom. The highest BCUT2D eigenvalue weighted by molar-refractivity contribution is 5.30. The molecule has 0 radical (unpaired) electrons. The Kier molecular flexibility index (Phi) is 2.85. The Bertz CT molecular complexity index is 291. The second-order valence-electron chi connectivity index (χ2n) is 4.21. The molecule has 1 heterocycles. The van der Waals surface area contributed by atoms with E-state index in [0.29, 0.717) is 6.04 Å². The SMILES string of the molecule is CC1CCC(C2=C=CC(F)C=C2)NC1. The first-order valence-electron chi connectivity index (χ1n) is 5.28. The van der Waals surface area contributed by atoms with Crippen LogP contribution in [0.25, 0.3) is 0 Å². The van der Waals surface area contributed by atoms with Gasteiger partial charge in [0, 0.05) is 11.6 Å². The molecule has 1 saturated heterocycles. The van der Waals surface area contributed by atoms with Crippen molar-refractivity contribution in [2.75, 3.05) is 6.54 Å². The summed E-state index contributed by atoms with van der Waals surface area (Å²) in [5.41, 5.74) is 4.12. The van der Waals surface area contributed by atoms with Crippen LogP contribution in [-0.2, 0) is 0 Å². The van der Waals surface area contributed by atoms with Crippen LogP contribution in [0, 0.1) is 5.92 Å². The molecular formula is C12H16FN. The molecule has 0 amide bonds. The minimum atomic E-state index is -0.943. The molecule has 0 aromatic carbocycles. The van der Waals surface area contributed by atoms with Crippen molar-refractivity contribution in [1.82, 2.24) is 5.32 Å². The third kappa shape index (κ3) is 2.14. The van der Waals surface area contributed by atoms with Crippen LogP contribution in [0.5, 0.6) is 0 Å². The second-order valence-corrected chi connectivity index (χ2v) is 4.21. The minimum absolute atomic E-state index is 0.381. The fourth-order valence-corrected chi connectivity index (χ4v) is 1.96. The molecule has 0 aromatic heterocycles. The minimum Gasteiger partial charge on any atom is -0.309 e. The number of alkyl halides is 1. The number of allylic oxidation sites excluding steroid dienone is 1. The van der Waals surface area contributed by atoms with E-state index in [4.69, 9.17) is 0 Å². The first kappa shape index (κ1) is 9.70. The number of piperidine rings is 1. The number of hydrogen-bond acceptors (Lipinski definition) is 1. The van der Waals surface area contributed by atoms with E-state index >= 15 is 0 Å². The van der Waals surface area contributed by atoms with Crippen molar-refractivity contribution in [3.8, 4) is 0 Å². The van der Waals surface area contributed by atoms with Gasteiger partial charge in [-0.3, -0.25) is 0 Å². The summed E-state index contributed by atoms with van der Waals surface area (Å²) in [6.45, 7) is 3.31. The Balaban J connectivity index is 2.03. The zero-order valence-corrected chi connectivity index (χ0v) is 8.46. The molecule has 3 unspecified atom stereocenters. The summed E-state index contributed by atoms with van der Waals surface area (Å²) in [6, 6.07) is 0.381. The number of hydrogen-bond donors (Lipinski definition) is 1. The first-order chi connectivity index (χ1) is 6.75. The Morgan fingerprint density at radius 1 is 1.50 bits per heavy atom.